The van der Waals surface area contributed by atoms with E-state index in [0.717, 1.165) is 17.1 Å². The molecule has 90 valence electrons. The molecule has 0 aliphatic rings. The van der Waals surface area contributed by atoms with Gasteiger partial charge in [0.2, 0.25) is 0 Å². The van der Waals surface area contributed by atoms with Crippen molar-refractivity contribution in [2.75, 3.05) is 7.05 Å². The first-order valence-corrected chi connectivity index (χ1v) is 5.69. The molecule has 0 spiro atoms. The maximum atomic E-state index is 6.09. The third kappa shape index (κ3) is 2.30. The molecule has 0 saturated heterocycles. The van der Waals surface area contributed by atoms with Crippen LogP contribution < -0.4 is 5.32 Å². The minimum Gasteiger partial charge on any atom is -0.314 e. The van der Waals surface area contributed by atoms with E-state index in [-0.39, 0.29) is 0 Å². The summed E-state index contributed by atoms with van der Waals surface area (Å²) in [7, 11) is 1.87. The Hall–Kier alpha value is -1.46. The maximum Gasteiger partial charge on any atom is 0.172 e. The highest BCUT2D eigenvalue weighted by molar-refractivity contribution is 6.31. The van der Waals surface area contributed by atoms with Gasteiger partial charge in [-0.05, 0) is 20.9 Å². The van der Waals surface area contributed by atoms with E-state index in [1.54, 1.807) is 17.1 Å². The van der Waals surface area contributed by atoms with Crippen LogP contribution in [0.1, 0.15) is 17.1 Å². The molecule has 0 atom stereocenters. The maximum absolute atomic E-state index is 6.09. The highest BCUT2D eigenvalue weighted by Crippen LogP contribution is 2.20. The van der Waals surface area contributed by atoms with Gasteiger partial charge in [-0.25, -0.2) is 9.67 Å². The number of nitrogens with one attached hydrogen (secondary N) is 1. The molecular weight excluding hydrogens is 238 g/mol. The van der Waals surface area contributed by atoms with Crippen molar-refractivity contribution in [3.8, 4) is 5.82 Å². The molecule has 17 heavy (non-hydrogen) atoms. The number of hydrogen-bond donors (Lipinski definition) is 1. The molecule has 0 saturated carbocycles. The fourth-order valence-electron chi connectivity index (χ4n) is 1.58. The van der Waals surface area contributed by atoms with E-state index in [0.29, 0.717) is 17.4 Å². The van der Waals surface area contributed by atoms with Crippen molar-refractivity contribution in [2.24, 2.45) is 0 Å². The first kappa shape index (κ1) is 12.0. The van der Waals surface area contributed by atoms with Crippen LogP contribution in [0.5, 0.6) is 0 Å². The number of rotatable bonds is 3. The number of aromatic nitrogens is 4. The van der Waals surface area contributed by atoms with E-state index < -0.39 is 0 Å². The summed E-state index contributed by atoms with van der Waals surface area (Å²) in [6.45, 7) is 4.48. The molecule has 0 aliphatic heterocycles. The predicted octanol–water partition coefficient (Wildman–Crippen LogP) is 1.65. The van der Waals surface area contributed by atoms with E-state index in [4.69, 9.17) is 11.6 Å². The quantitative estimate of drug-likeness (QED) is 0.901. The van der Waals surface area contributed by atoms with Crippen LogP contribution in [-0.2, 0) is 6.54 Å². The number of halogens is 1. The van der Waals surface area contributed by atoms with Crippen molar-refractivity contribution < 1.29 is 0 Å². The first-order valence-electron chi connectivity index (χ1n) is 5.31. The summed E-state index contributed by atoms with van der Waals surface area (Å²) in [6.07, 6.45) is 3.43. The van der Waals surface area contributed by atoms with Crippen LogP contribution in [0.4, 0.5) is 0 Å². The van der Waals surface area contributed by atoms with Gasteiger partial charge in [0.15, 0.2) is 5.82 Å². The Bertz CT molecular complexity index is 517. The van der Waals surface area contributed by atoms with E-state index in [1.165, 1.54) is 0 Å². The smallest absolute Gasteiger partial charge is 0.172 e. The molecule has 2 rings (SSSR count). The minimum atomic E-state index is 0.672. The van der Waals surface area contributed by atoms with Crippen molar-refractivity contribution in [1.29, 1.82) is 0 Å². The third-order valence-electron chi connectivity index (χ3n) is 2.47. The monoisotopic (exact) mass is 251 g/mol. The van der Waals surface area contributed by atoms with E-state index in [1.807, 2.05) is 20.9 Å². The Labute approximate surface area is 105 Å². The first-order chi connectivity index (χ1) is 8.13. The van der Waals surface area contributed by atoms with Gasteiger partial charge in [0.25, 0.3) is 0 Å². The Morgan fingerprint density at radius 3 is 2.53 bits per heavy atom. The summed E-state index contributed by atoms with van der Waals surface area (Å²) < 4.78 is 1.70. The second-order valence-corrected chi connectivity index (χ2v) is 4.17. The fourth-order valence-corrected chi connectivity index (χ4v) is 1.69. The van der Waals surface area contributed by atoms with Gasteiger partial charge < -0.3 is 5.32 Å². The minimum absolute atomic E-state index is 0.672. The zero-order valence-electron chi connectivity index (χ0n) is 10.0. The van der Waals surface area contributed by atoms with Crippen LogP contribution in [0.3, 0.4) is 0 Å². The summed E-state index contributed by atoms with van der Waals surface area (Å²) in [5.74, 6) is 0.678. The molecular formula is C11H14ClN5. The van der Waals surface area contributed by atoms with Gasteiger partial charge in [0, 0.05) is 6.54 Å². The van der Waals surface area contributed by atoms with Crippen molar-refractivity contribution in [3.05, 3.63) is 34.5 Å². The number of hydrogen-bond acceptors (Lipinski definition) is 4. The van der Waals surface area contributed by atoms with Crippen LogP contribution in [0.2, 0.25) is 5.02 Å². The van der Waals surface area contributed by atoms with Crippen LogP contribution in [0.25, 0.3) is 5.82 Å². The van der Waals surface area contributed by atoms with Gasteiger partial charge in [-0.2, -0.15) is 5.10 Å². The molecule has 0 fully saturated rings. The summed E-state index contributed by atoms with van der Waals surface area (Å²) in [5.41, 5.74) is 2.56. The summed E-state index contributed by atoms with van der Waals surface area (Å²) >= 11 is 6.09. The highest BCUT2D eigenvalue weighted by atomic mass is 35.5. The molecule has 0 bridgehead atoms. The standard InChI is InChI=1S/C11H14ClN5/c1-7-11(12)8(2)17(16-7)10-6-14-9(4-13-3)5-15-10/h5-6,13H,4H2,1-3H3. The van der Waals surface area contributed by atoms with Gasteiger partial charge >= 0.3 is 0 Å². The molecule has 2 aromatic heterocycles. The Balaban J connectivity index is 2.36. The molecule has 2 aromatic rings. The average Bonchev–Trinajstić information content (AvgIpc) is 2.59. The third-order valence-corrected chi connectivity index (χ3v) is 3.02. The number of aryl methyl sites for hydroxylation is 1. The van der Waals surface area contributed by atoms with E-state index in [9.17, 15) is 0 Å². The molecule has 0 unspecified atom stereocenters. The average molecular weight is 252 g/mol. The lowest BCUT2D eigenvalue weighted by Gasteiger charge is -2.04. The molecule has 1 N–H and O–H groups in total. The fraction of sp³-hybridized carbons (Fsp3) is 0.364. The topological polar surface area (TPSA) is 55.6 Å². The van der Waals surface area contributed by atoms with Gasteiger partial charge in [-0.1, -0.05) is 11.6 Å². The summed E-state index contributed by atoms with van der Waals surface area (Å²) in [4.78, 5) is 8.62. The van der Waals surface area contributed by atoms with E-state index >= 15 is 0 Å². The Kier molecular flexibility index (Phi) is 3.40. The molecule has 0 radical (unpaired) electrons. The van der Waals surface area contributed by atoms with Crippen molar-refractivity contribution in [3.63, 3.8) is 0 Å². The van der Waals surface area contributed by atoms with Gasteiger partial charge in [0.05, 0.1) is 34.5 Å². The zero-order valence-corrected chi connectivity index (χ0v) is 10.8. The van der Waals surface area contributed by atoms with Gasteiger partial charge in [-0.3, -0.25) is 4.98 Å². The zero-order chi connectivity index (χ0) is 12.4. The molecule has 2 heterocycles. The number of nitrogens with zero attached hydrogens (tertiary/aromatic N) is 4. The van der Waals surface area contributed by atoms with Crippen molar-refractivity contribution in [1.82, 2.24) is 25.1 Å². The SMILES string of the molecule is CNCc1cnc(-n2nc(C)c(Cl)c2C)cn1. The van der Waals surface area contributed by atoms with Crippen molar-refractivity contribution in [2.45, 2.75) is 20.4 Å². The highest BCUT2D eigenvalue weighted by Gasteiger charge is 2.11. The lowest BCUT2D eigenvalue weighted by molar-refractivity contribution is 0.760. The molecule has 0 aliphatic carbocycles. The molecule has 0 amide bonds. The van der Waals surface area contributed by atoms with Crippen LogP contribution in [0, 0.1) is 13.8 Å². The Morgan fingerprint density at radius 1 is 1.29 bits per heavy atom. The van der Waals surface area contributed by atoms with Crippen LogP contribution in [0.15, 0.2) is 12.4 Å². The summed E-state index contributed by atoms with van der Waals surface area (Å²) in [6, 6.07) is 0. The molecule has 0 aromatic carbocycles. The Morgan fingerprint density at radius 2 is 2.06 bits per heavy atom. The largest absolute Gasteiger partial charge is 0.314 e. The molecule has 6 heteroatoms. The van der Waals surface area contributed by atoms with Gasteiger partial charge in [-0.15, -0.1) is 0 Å². The van der Waals surface area contributed by atoms with Crippen LogP contribution in [-0.4, -0.2) is 26.8 Å². The normalized spacial score (nSPS) is 10.8. The predicted molar refractivity (Wildman–Crippen MR) is 66.4 cm³/mol. The lowest BCUT2D eigenvalue weighted by atomic mass is 10.4. The van der Waals surface area contributed by atoms with Gasteiger partial charge in [0.1, 0.15) is 0 Å². The van der Waals surface area contributed by atoms with E-state index in [2.05, 4.69) is 20.4 Å². The lowest BCUT2D eigenvalue weighted by Crippen LogP contribution is -2.09. The summed E-state index contributed by atoms with van der Waals surface area (Å²) in [5, 5.41) is 8.02. The molecule has 5 nitrogen and oxygen atoms in total. The second kappa shape index (κ2) is 4.81. The van der Waals surface area contributed by atoms with Crippen molar-refractivity contribution >= 4 is 11.6 Å². The van der Waals surface area contributed by atoms with Crippen LogP contribution >= 0.6 is 11.6 Å². The second-order valence-electron chi connectivity index (χ2n) is 3.79.